The van der Waals surface area contributed by atoms with Gasteiger partial charge >= 0.3 is 7.26 Å². The molecular weight excluding hydrogens is 372 g/mol. The Kier molecular flexibility index (Phi) is 7.86. The van der Waals surface area contributed by atoms with Crippen LogP contribution < -0.4 is 0 Å². The molecule has 0 saturated carbocycles. The molecular formula is C18H45BFN3Si3. The van der Waals surface area contributed by atoms with Crippen LogP contribution in [0.25, 0.3) is 0 Å². The van der Waals surface area contributed by atoms with E-state index in [-0.39, 0.29) is 10.5 Å². The van der Waals surface area contributed by atoms with Gasteiger partial charge in [0.1, 0.15) is 16.5 Å². The van der Waals surface area contributed by atoms with Crippen molar-refractivity contribution in [1.29, 1.82) is 0 Å². The number of rotatable bonds is 6. The molecule has 3 nitrogen and oxygen atoms in total. The molecule has 0 bridgehead atoms. The fourth-order valence-corrected chi connectivity index (χ4v) is 14.4. The average molecular weight is 418 g/mol. The summed E-state index contributed by atoms with van der Waals surface area (Å²) in [7, 11) is -7.04. The van der Waals surface area contributed by atoms with Gasteiger partial charge in [0.25, 0.3) is 0 Å². The van der Waals surface area contributed by atoms with Gasteiger partial charge in [-0.25, -0.2) is 5.10 Å². The summed E-state index contributed by atoms with van der Waals surface area (Å²) in [6.45, 7) is 33.2. The zero-order valence-corrected chi connectivity index (χ0v) is 23.3. The number of hydrogen-bond donors (Lipinski definition) is 0. The van der Waals surface area contributed by atoms with Gasteiger partial charge in [0.15, 0.2) is 8.24 Å². The predicted octanol–water partition coefficient (Wildman–Crippen LogP) is 6.64. The molecule has 0 N–H and O–H groups in total. The van der Waals surface area contributed by atoms with E-state index >= 15 is 4.32 Å². The molecule has 0 saturated heterocycles. The Bertz CT molecular complexity index is 498. The summed E-state index contributed by atoms with van der Waals surface area (Å²) in [5.74, 6) is 0. The van der Waals surface area contributed by atoms with Crippen LogP contribution in [-0.4, -0.2) is 46.4 Å². The molecule has 0 aromatic rings. The third-order valence-electron chi connectivity index (χ3n) is 5.61. The first-order valence-electron chi connectivity index (χ1n) is 9.83. The van der Waals surface area contributed by atoms with E-state index in [2.05, 4.69) is 98.1 Å². The molecule has 0 amide bonds. The molecule has 0 aliphatic carbocycles. The van der Waals surface area contributed by atoms with Crippen LogP contribution in [0.15, 0.2) is 5.10 Å². The highest BCUT2D eigenvalue weighted by molar-refractivity contribution is 6.99. The van der Waals surface area contributed by atoms with Crippen LogP contribution in [0.4, 0.5) is 4.32 Å². The third-order valence-corrected chi connectivity index (χ3v) is 18.1. The number of hydrazone groups is 1. The van der Waals surface area contributed by atoms with Crippen molar-refractivity contribution in [3.05, 3.63) is 0 Å². The molecule has 0 aromatic heterocycles. The van der Waals surface area contributed by atoms with E-state index in [0.717, 1.165) is 5.71 Å². The molecule has 0 heterocycles. The summed E-state index contributed by atoms with van der Waals surface area (Å²) >= 11 is 0. The Labute approximate surface area is 167 Å². The van der Waals surface area contributed by atoms with Gasteiger partial charge in [-0.3, -0.25) is 4.32 Å². The molecule has 0 spiro atoms. The topological polar surface area (TPSA) is 18.8 Å². The van der Waals surface area contributed by atoms with Gasteiger partial charge in [0.2, 0.25) is 0 Å². The molecule has 8 heteroatoms. The average Bonchev–Trinajstić information content (AvgIpc) is 2.28. The van der Waals surface area contributed by atoms with Crippen LogP contribution in [-0.2, 0) is 0 Å². The molecule has 0 radical (unpaired) electrons. The third kappa shape index (κ3) is 6.31. The van der Waals surface area contributed by atoms with Crippen molar-refractivity contribution in [3.8, 4) is 0 Å². The first-order valence-corrected chi connectivity index (χ1v) is 19.7. The molecule has 0 atom stereocenters. The maximum atomic E-state index is 16.3. The molecule has 0 aromatic carbocycles. The molecule has 0 fully saturated rings. The lowest BCUT2D eigenvalue weighted by atomic mass is 9.91. The van der Waals surface area contributed by atoms with Crippen molar-refractivity contribution in [2.24, 2.45) is 10.5 Å². The summed E-state index contributed by atoms with van der Waals surface area (Å²) in [6, 6.07) is 0. The maximum absolute atomic E-state index is 16.3. The van der Waals surface area contributed by atoms with Crippen LogP contribution in [0.2, 0.25) is 57.4 Å². The summed E-state index contributed by atoms with van der Waals surface area (Å²) in [6.07, 6.45) is 0. The van der Waals surface area contributed by atoms with E-state index in [1.165, 1.54) is 0 Å². The van der Waals surface area contributed by atoms with Gasteiger partial charge in [-0.2, -0.15) is 0 Å². The largest absolute Gasteiger partial charge is 0.548 e. The van der Waals surface area contributed by atoms with E-state index in [4.69, 9.17) is 5.10 Å². The van der Waals surface area contributed by atoms with Crippen LogP contribution in [0, 0.1) is 5.41 Å². The highest BCUT2D eigenvalue weighted by atomic mass is 28.4. The van der Waals surface area contributed by atoms with Crippen LogP contribution in [0.1, 0.15) is 48.5 Å². The number of nitrogens with zero attached hydrogens (tertiary/aromatic N) is 3. The Hall–Kier alpha value is 0.0756. The van der Waals surface area contributed by atoms with Crippen molar-refractivity contribution < 1.29 is 4.32 Å². The summed E-state index contributed by atoms with van der Waals surface area (Å²) < 4.78 is 20.5. The minimum absolute atomic E-state index is 0.0174. The van der Waals surface area contributed by atoms with E-state index in [1.807, 2.05) is 11.5 Å². The standard InChI is InChI=1S/C18H45BFN3Si3/c1-16(17(2,3)4)21-22(26(14,15)18(5,6)7)19(20)23(24(8,9)10)25(11,12)13/h1-15H3/b21-16+. The Morgan fingerprint density at radius 1 is 0.808 bits per heavy atom. The minimum atomic E-state index is -2.19. The number of hydrogen-bond acceptors (Lipinski definition) is 3. The van der Waals surface area contributed by atoms with Gasteiger partial charge in [-0.05, 0) is 12.0 Å². The van der Waals surface area contributed by atoms with E-state index in [0.29, 0.717) is 0 Å². The monoisotopic (exact) mass is 417 g/mol. The predicted molar refractivity (Wildman–Crippen MR) is 127 cm³/mol. The van der Waals surface area contributed by atoms with Gasteiger partial charge in [-0.15, -0.1) is 0 Å². The lowest BCUT2D eigenvalue weighted by Gasteiger charge is -2.52. The second-order valence-electron chi connectivity index (χ2n) is 12.1. The second-order valence-corrected chi connectivity index (χ2v) is 27.3. The van der Waals surface area contributed by atoms with Crippen molar-refractivity contribution in [3.63, 3.8) is 0 Å². The van der Waals surface area contributed by atoms with Gasteiger partial charge in [0.05, 0.1) is 0 Å². The van der Waals surface area contributed by atoms with E-state index in [9.17, 15) is 0 Å². The molecule has 154 valence electrons. The van der Waals surface area contributed by atoms with Crippen molar-refractivity contribution in [2.75, 3.05) is 0 Å². The summed E-state index contributed by atoms with van der Waals surface area (Å²) in [4.78, 5) is 0. The normalized spacial score (nSPS) is 15.5. The fourth-order valence-electron chi connectivity index (χ4n) is 2.85. The fraction of sp³-hybridized carbons (Fsp3) is 0.944. The highest BCUT2D eigenvalue weighted by Gasteiger charge is 2.53. The minimum Gasteiger partial charge on any atom is -0.337 e. The Balaban J connectivity index is 6.51. The van der Waals surface area contributed by atoms with Crippen LogP contribution in [0.5, 0.6) is 0 Å². The van der Waals surface area contributed by atoms with Gasteiger partial charge in [0, 0.05) is 11.1 Å². The van der Waals surface area contributed by atoms with Crippen LogP contribution in [0.3, 0.4) is 0 Å². The Morgan fingerprint density at radius 3 is 1.38 bits per heavy atom. The quantitative estimate of drug-likeness (QED) is 0.274. The molecule has 26 heavy (non-hydrogen) atoms. The Morgan fingerprint density at radius 2 is 1.15 bits per heavy atom. The molecule has 0 aliphatic heterocycles. The smallest absolute Gasteiger partial charge is 0.337 e. The molecule has 0 aliphatic rings. The number of halogens is 1. The van der Waals surface area contributed by atoms with Crippen LogP contribution >= 0.6 is 0 Å². The zero-order valence-electron chi connectivity index (χ0n) is 20.3. The molecule has 0 rings (SSSR count). The van der Waals surface area contributed by atoms with E-state index < -0.39 is 32.0 Å². The van der Waals surface area contributed by atoms with E-state index in [1.54, 1.807) is 0 Å². The first kappa shape index (κ1) is 26.1. The van der Waals surface area contributed by atoms with Crippen molar-refractivity contribution in [1.82, 2.24) is 8.73 Å². The van der Waals surface area contributed by atoms with Gasteiger partial charge in [-0.1, -0.05) is 93.9 Å². The second kappa shape index (κ2) is 7.83. The lowest BCUT2D eigenvalue weighted by molar-refractivity contribution is 0.492. The van der Waals surface area contributed by atoms with Gasteiger partial charge < -0.3 is 8.73 Å². The maximum Gasteiger partial charge on any atom is 0.548 e. The SMILES string of the molecule is C/C(=N\N(B(F)N([Si](C)(C)C)[Si](C)(C)C)[Si](C)(C)C(C)(C)C)C(C)(C)C. The summed E-state index contributed by atoms with van der Waals surface area (Å²) in [5.41, 5.74) is 0.930. The lowest BCUT2D eigenvalue weighted by Crippen LogP contribution is -2.72. The van der Waals surface area contributed by atoms with Crippen molar-refractivity contribution in [2.45, 2.75) is 106 Å². The first-order chi connectivity index (χ1) is 11.0. The highest BCUT2D eigenvalue weighted by Crippen LogP contribution is 2.41. The summed E-state index contributed by atoms with van der Waals surface area (Å²) in [5, 5.41) is 4.99. The van der Waals surface area contributed by atoms with Crippen molar-refractivity contribution >= 4 is 37.7 Å². The zero-order chi connectivity index (χ0) is 21.5. The molecule has 0 unspecified atom stereocenters.